The van der Waals surface area contributed by atoms with Gasteiger partial charge in [0.2, 0.25) is 11.5 Å². The standard InChI is InChI=1S/C26H23F2NO5S/c1-16-22(29-24(33-16)23-4-3-13-35-23)11-12-32-18-7-5-17(6-8-18)15-26(2,25(30)31)34-19-9-10-20(27)21(28)14-19/h3-10,13-14H,11-12,15H2,1-2H3,(H,30,31). The summed E-state index contributed by atoms with van der Waals surface area (Å²) in [5, 5.41) is 11.7. The second-order valence-corrected chi connectivity index (χ2v) is 9.08. The van der Waals surface area contributed by atoms with Crippen molar-refractivity contribution in [3.8, 4) is 22.3 Å². The van der Waals surface area contributed by atoms with Crippen molar-refractivity contribution in [1.82, 2.24) is 4.98 Å². The second-order valence-electron chi connectivity index (χ2n) is 8.13. The fourth-order valence-electron chi connectivity index (χ4n) is 3.48. The zero-order chi connectivity index (χ0) is 25.0. The molecule has 0 radical (unpaired) electrons. The van der Waals surface area contributed by atoms with Crippen molar-refractivity contribution in [2.75, 3.05) is 6.61 Å². The number of thiophene rings is 1. The average molecular weight is 500 g/mol. The van der Waals surface area contributed by atoms with Crippen molar-refractivity contribution in [2.45, 2.75) is 32.3 Å². The topological polar surface area (TPSA) is 81.8 Å². The lowest BCUT2D eigenvalue weighted by Crippen LogP contribution is -2.43. The van der Waals surface area contributed by atoms with E-state index in [-0.39, 0.29) is 12.2 Å². The molecule has 0 bridgehead atoms. The molecule has 4 aromatic rings. The van der Waals surface area contributed by atoms with Crippen molar-refractivity contribution in [1.29, 1.82) is 0 Å². The van der Waals surface area contributed by atoms with E-state index in [0.717, 1.165) is 28.5 Å². The molecule has 0 saturated carbocycles. The third-order valence-electron chi connectivity index (χ3n) is 5.38. The lowest BCUT2D eigenvalue weighted by atomic mass is 9.96. The highest BCUT2D eigenvalue weighted by molar-refractivity contribution is 7.13. The van der Waals surface area contributed by atoms with Gasteiger partial charge in [-0.15, -0.1) is 11.3 Å². The van der Waals surface area contributed by atoms with Gasteiger partial charge >= 0.3 is 5.97 Å². The van der Waals surface area contributed by atoms with E-state index in [0.29, 0.717) is 30.2 Å². The number of aryl methyl sites for hydroxylation is 1. The minimum absolute atomic E-state index is 0.00520. The van der Waals surface area contributed by atoms with Gasteiger partial charge in [0.05, 0.1) is 17.2 Å². The number of rotatable bonds is 10. The Balaban J connectivity index is 1.35. The quantitative estimate of drug-likeness (QED) is 0.285. The molecular weight excluding hydrogens is 476 g/mol. The highest BCUT2D eigenvalue weighted by Crippen LogP contribution is 2.27. The number of carboxylic acids is 1. The summed E-state index contributed by atoms with van der Waals surface area (Å²) in [6.45, 7) is 3.64. The third-order valence-corrected chi connectivity index (χ3v) is 6.24. The van der Waals surface area contributed by atoms with Crippen LogP contribution in [0, 0.1) is 18.6 Å². The molecule has 1 atom stereocenters. The van der Waals surface area contributed by atoms with E-state index >= 15 is 0 Å². The van der Waals surface area contributed by atoms with Gasteiger partial charge in [-0.1, -0.05) is 18.2 Å². The highest BCUT2D eigenvalue weighted by Gasteiger charge is 2.36. The van der Waals surface area contributed by atoms with Gasteiger partial charge in [-0.05, 0) is 55.1 Å². The van der Waals surface area contributed by atoms with Crippen LogP contribution in [0.3, 0.4) is 0 Å². The van der Waals surface area contributed by atoms with Crippen LogP contribution in [0.1, 0.15) is 23.9 Å². The summed E-state index contributed by atoms with van der Waals surface area (Å²) in [6, 6.07) is 13.8. The van der Waals surface area contributed by atoms with Crippen LogP contribution in [0.25, 0.3) is 10.8 Å². The van der Waals surface area contributed by atoms with E-state index in [1.165, 1.54) is 13.0 Å². The first-order valence-electron chi connectivity index (χ1n) is 10.8. The van der Waals surface area contributed by atoms with Gasteiger partial charge in [-0.25, -0.2) is 18.6 Å². The summed E-state index contributed by atoms with van der Waals surface area (Å²) in [6.07, 6.45) is 0.576. The van der Waals surface area contributed by atoms with Crippen molar-refractivity contribution in [3.63, 3.8) is 0 Å². The Hall–Kier alpha value is -3.72. The summed E-state index contributed by atoms with van der Waals surface area (Å²) >= 11 is 1.56. The molecule has 2 aromatic carbocycles. The molecule has 6 nitrogen and oxygen atoms in total. The van der Waals surface area contributed by atoms with Gasteiger partial charge in [-0.3, -0.25) is 0 Å². The highest BCUT2D eigenvalue weighted by atomic mass is 32.1. The zero-order valence-electron chi connectivity index (χ0n) is 19.1. The Bertz CT molecular complexity index is 1300. The van der Waals surface area contributed by atoms with Crippen LogP contribution in [0.4, 0.5) is 8.78 Å². The molecule has 0 aliphatic heterocycles. The van der Waals surface area contributed by atoms with Gasteiger partial charge in [0, 0.05) is 18.9 Å². The fourth-order valence-corrected chi connectivity index (χ4v) is 4.13. The number of benzene rings is 2. The molecule has 4 rings (SSSR count). The van der Waals surface area contributed by atoms with Crippen LogP contribution >= 0.6 is 11.3 Å². The first kappa shape index (κ1) is 24.4. The molecule has 0 amide bonds. The lowest BCUT2D eigenvalue weighted by Gasteiger charge is -2.26. The molecule has 0 aliphatic carbocycles. The molecule has 0 saturated heterocycles. The van der Waals surface area contributed by atoms with Gasteiger partial charge in [-0.2, -0.15) is 0 Å². The molecule has 9 heteroatoms. The normalized spacial score (nSPS) is 12.8. The van der Waals surface area contributed by atoms with Crippen LogP contribution < -0.4 is 9.47 Å². The maximum absolute atomic E-state index is 13.5. The van der Waals surface area contributed by atoms with Gasteiger partial charge in [0.15, 0.2) is 11.6 Å². The molecule has 182 valence electrons. The monoisotopic (exact) mass is 499 g/mol. The van der Waals surface area contributed by atoms with Crippen LogP contribution in [-0.2, 0) is 17.6 Å². The molecule has 0 aliphatic rings. The molecule has 1 N–H and O–H groups in total. The summed E-state index contributed by atoms with van der Waals surface area (Å²) in [4.78, 5) is 17.4. The maximum Gasteiger partial charge on any atom is 0.348 e. The fraction of sp³-hybridized carbons (Fsp3) is 0.231. The Morgan fingerprint density at radius 1 is 1.11 bits per heavy atom. The van der Waals surface area contributed by atoms with E-state index in [4.69, 9.17) is 13.9 Å². The number of ether oxygens (including phenoxy) is 2. The average Bonchev–Trinajstić information content (AvgIpc) is 3.48. The third kappa shape index (κ3) is 5.86. The van der Waals surface area contributed by atoms with Crippen molar-refractivity contribution >= 4 is 17.3 Å². The van der Waals surface area contributed by atoms with Gasteiger partial charge in [0.1, 0.15) is 17.3 Å². The Morgan fingerprint density at radius 3 is 2.51 bits per heavy atom. The Kier molecular flexibility index (Phi) is 7.16. The first-order valence-corrected chi connectivity index (χ1v) is 11.7. The predicted octanol–water partition coefficient (Wildman–Crippen LogP) is 6.08. The number of hydrogen-bond donors (Lipinski definition) is 1. The van der Waals surface area contributed by atoms with Crippen LogP contribution in [-0.4, -0.2) is 28.3 Å². The van der Waals surface area contributed by atoms with Crippen molar-refractivity contribution in [2.24, 2.45) is 0 Å². The molecule has 2 heterocycles. The number of nitrogens with zero attached hydrogens (tertiary/aromatic N) is 1. The maximum atomic E-state index is 13.5. The van der Waals surface area contributed by atoms with Crippen molar-refractivity contribution in [3.05, 3.63) is 88.6 Å². The Labute approximate surface area is 204 Å². The molecule has 1 unspecified atom stereocenters. The largest absolute Gasteiger partial charge is 0.493 e. The Morgan fingerprint density at radius 2 is 1.86 bits per heavy atom. The number of oxazole rings is 1. The first-order chi connectivity index (χ1) is 16.7. The number of carbonyl (C=O) groups is 1. The minimum Gasteiger partial charge on any atom is -0.493 e. The molecular formula is C26H23F2NO5S. The number of halogens is 2. The summed E-state index contributed by atoms with van der Waals surface area (Å²) < 4.78 is 43.8. The smallest absolute Gasteiger partial charge is 0.348 e. The number of carboxylic acid groups (broad SMARTS) is 1. The van der Waals surface area contributed by atoms with Gasteiger partial charge < -0.3 is 19.0 Å². The molecule has 35 heavy (non-hydrogen) atoms. The summed E-state index contributed by atoms with van der Waals surface area (Å²) in [5.74, 6) is -1.48. The van der Waals surface area contributed by atoms with Crippen LogP contribution in [0.15, 0.2) is 64.4 Å². The van der Waals surface area contributed by atoms with E-state index in [1.807, 2.05) is 24.4 Å². The van der Waals surface area contributed by atoms with Gasteiger partial charge in [0.25, 0.3) is 0 Å². The summed E-state index contributed by atoms with van der Waals surface area (Å²) in [7, 11) is 0. The number of aromatic nitrogens is 1. The summed E-state index contributed by atoms with van der Waals surface area (Å²) in [5.41, 5.74) is -0.174. The van der Waals surface area contributed by atoms with Crippen molar-refractivity contribution < 1.29 is 32.6 Å². The number of hydrogen-bond acceptors (Lipinski definition) is 6. The van der Waals surface area contributed by atoms with E-state index in [1.54, 1.807) is 35.6 Å². The molecule has 0 spiro atoms. The second kappa shape index (κ2) is 10.3. The predicted molar refractivity (Wildman–Crippen MR) is 127 cm³/mol. The van der Waals surface area contributed by atoms with Crippen LogP contribution in [0.2, 0.25) is 0 Å². The van der Waals surface area contributed by atoms with E-state index in [2.05, 4.69) is 4.98 Å². The SMILES string of the molecule is Cc1oc(-c2cccs2)nc1CCOc1ccc(CC(C)(Oc2ccc(F)c(F)c2)C(=O)O)cc1. The molecule has 2 aromatic heterocycles. The number of aliphatic carboxylic acids is 1. The van der Waals surface area contributed by atoms with Crippen LogP contribution in [0.5, 0.6) is 11.5 Å². The molecule has 0 fully saturated rings. The lowest BCUT2D eigenvalue weighted by molar-refractivity contribution is -0.153. The van der Waals surface area contributed by atoms with E-state index in [9.17, 15) is 18.7 Å². The zero-order valence-corrected chi connectivity index (χ0v) is 19.9. The van der Waals surface area contributed by atoms with E-state index < -0.39 is 23.2 Å². The minimum atomic E-state index is -1.68.